The first-order valence-corrected chi connectivity index (χ1v) is 5.68. The number of benzene rings is 2. The standard InChI is InChI=1S/C14H12N2O4/c15-8-5-6-10(14(18)19)12(7-8)20-11-4-2-1-3-9(11)13(16)17/h1-7H,15H2,(H2,16,17)(H,18,19). The minimum Gasteiger partial charge on any atom is -0.478 e. The van der Waals surface area contributed by atoms with Crippen molar-refractivity contribution >= 4 is 17.6 Å². The first-order valence-electron chi connectivity index (χ1n) is 5.68. The second kappa shape index (κ2) is 5.31. The predicted octanol–water partition coefficient (Wildman–Crippen LogP) is 1.86. The zero-order chi connectivity index (χ0) is 14.7. The van der Waals surface area contributed by atoms with Gasteiger partial charge in [0.05, 0.1) is 5.56 Å². The van der Waals surface area contributed by atoms with E-state index in [1.165, 1.54) is 30.3 Å². The molecule has 5 N–H and O–H groups in total. The van der Waals surface area contributed by atoms with Gasteiger partial charge >= 0.3 is 5.97 Å². The topological polar surface area (TPSA) is 116 Å². The molecule has 2 aromatic carbocycles. The maximum atomic E-state index is 11.3. The van der Waals surface area contributed by atoms with Gasteiger partial charge < -0.3 is 21.3 Å². The van der Waals surface area contributed by atoms with Crippen LogP contribution in [0.1, 0.15) is 20.7 Å². The molecule has 0 atom stereocenters. The van der Waals surface area contributed by atoms with E-state index in [1.54, 1.807) is 12.1 Å². The molecule has 0 aliphatic rings. The van der Waals surface area contributed by atoms with Gasteiger partial charge in [-0.15, -0.1) is 0 Å². The van der Waals surface area contributed by atoms with E-state index < -0.39 is 11.9 Å². The van der Waals surface area contributed by atoms with Gasteiger partial charge in [0.15, 0.2) is 0 Å². The Kier molecular flexibility index (Phi) is 3.56. The summed E-state index contributed by atoms with van der Waals surface area (Å²) in [5.74, 6) is -1.60. The summed E-state index contributed by atoms with van der Waals surface area (Å²) in [5.41, 5.74) is 11.3. The second-order valence-corrected chi connectivity index (χ2v) is 4.02. The summed E-state index contributed by atoms with van der Waals surface area (Å²) in [5, 5.41) is 9.10. The van der Waals surface area contributed by atoms with E-state index in [-0.39, 0.29) is 22.6 Å². The van der Waals surface area contributed by atoms with Gasteiger partial charge in [0.25, 0.3) is 5.91 Å². The Labute approximate surface area is 114 Å². The molecule has 6 nitrogen and oxygen atoms in total. The number of rotatable bonds is 4. The van der Waals surface area contributed by atoms with Crippen molar-refractivity contribution in [2.45, 2.75) is 0 Å². The predicted molar refractivity (Wildman–Crippen MR) is 72.8 cm³/mol. The molecule has 102 valence electrons. The van der Waals surface area contributed by atoms with Crippen LogP contribution in [-0.4, -0.2) is 17.0 Å². The van der Waals surface area contributed by atoms with Gasteiger partial charge in [-0.25, -0.2) is 4.79 Å². The number of amides is 1. The zero-order valence-corrected chi connectivity index (χ0v) is 10.4. The van der Waals surface area contributed by atoms with Gasteiger partial charge in [-0.05, 0) is 24.3 Å². The van der Waals surface area contributed by atoms with Gasteiger partial charge in [0.2, 0.25) is 0 Å². The fraction of sp³-hybridized carbons (Fsp3) is 0. The summed E-state index contributed by atoms with van der Waals surface area (Å²) < 4.78 is 5.48. The maximum absolute atomic E-state index is 11.3. The van der Waals surface area contributed by atoms with Crippen LogP contribution in [0, 0.1) is 0 Å². The van der Waals surface area contributed by atoms with Gasteiger partial charge in [-0.1, -0.05) is 12.1 Å². The largest absolute Gasteiger partial charge is 0.478 e. The number of carbonyl (C=O) groups is 2. The number of primary amides is 1. The quantitative estimate of drug-likeness (QED) is 0.734. The van der Waals surface area contributed by atoms with Crippen LogP contribution in [-0.2, 0) is 0 Å². The smallest absolute Gasteiger partial charge is 0.339 e. The highest BCUT2D eigenvalue weighted by Crippen LogP contribution is 2.29. The molecule has 6 heteroatoms. The number of carboxylic acid groups (broad SMARTS) is 1. The molecule has 2 rings (SSSR count). The SMILES string of the molecule is NC(=O)c1ccccc1Oc1cc(N)ccc1C(=O)O. The number of hydrogen-bond donors (Lipinski definition) is 3. The molecule has 0 radical (unpaired) electrons. The van der Waals surface area contributed by atoms with Crippen LogP contribution in [0.15, 0.2) is 42.5 Å². The fourth-order valence-electron chi connectivity index (χ4n) is 1.68. The van der Waals surface area contributed by atoms with Crippen LogP contribution in [0.3, 0.4) is 0 Å². The first kappa shape index (κ1) is 13.4. The van der Waals surface area contributed by atoms with Crippen LogP contribution in [0.4, 0.5) is 5.69 Å². The highest BCUT2D eigenvalue weighted by Gasteiger charge is 2.15. The molecular weight excluding hydrogens is 260 g/mol. The van der Waals surface area contributed by atoms with Crippen LogP contribution in [0.5, 0.6) is 11.5 Å². The molecule has 0 bridgehead atoms. The van der Waals surface area contributed by atoms with Gasteiger partial charge in [-0.2, -0.15) is 0 Å². The van der Waals surface area contributed by atoms with E-state index in [0.717, 1.165) is 0 Å². The summed E-state index contributed by atoms with van der Waals surface area (Å²) >= 11 is 0. The third-order valence-electron chi connectivity index (χ3n) is 2.61. The summed E-state index contributed by atoms with van der Waals surface area (Å²) in [6, 6.07) is 10.5. The minimum absolute atomic E-state index is 0.0474. The van der Waals surface area contributed by atoms with Crippen LogP contribution in [0.25, 0.3) is 0 Å². The Bertz CT molecular complexity index is 683. The van der Waals surface area contributed by atoms with Gasteiger partial charge in [-0.3, -0.25) is 4.79 Å². The van der Waals surface area contributed by atoms with Crippen molar-refractivity contribution in [1.29, 1.82) is 0 Å². The summed E-state index contributed by atoms with van der Waals surface area (Å²) in [4.78, 5) is 22.4. The molecule has 0 aliphatic heterocycles. The molecular formula is C14H12N2O4. The molecule has 0 aliphatic carbocycles. The monoisotopic (exact) mass is 272 g/mol. The Morgan fingerprint density at radius 2 is 1.70 bits per heavy atom. The van der Waals surface area contributed by atoms with E-state index in [9.17, 15) is 9.59 Å². The summed E-state index contributed by atoms with van der Waals surface area (Å²) in [6.07, 6.45) is 0. The van der Waals surface area contributed by atoms with Crippen LogP contribution in [0.2, 0.25) is 0 Å². The van der Waals surface area contributed by atoms with Crippen LogP contribution < -0.4 is 16.2 Å². The lowest BCUT2D eigenvalue weighted by Gasteiger charge is -2.11. The number of anilines is 1. The fourth-order valence-corrected chi connectivity index (χ4v) is 1.68. The number of ether oxygens (including phenoxy) is 1. The molecule has 0 unspecified atom stereocenters. The number of carboxylic acids is 1. The Morgan fingerprint density at radius 1 is 1.00 bits per heavy atom. The lowest BCUT2D eigenvalue weighted by Crippen LogP contribution is -2.12. The number of nitrogen functional groups attached to an aromatic ring is 1. The summed E-state index contributed by atoms with van der Waals surface area (Å²) in [7, 11) is 0. The van der Waals surface area contributed by atoms with E-state index >= 15 is 0 Å². The van der Waals surface area contributed by atoms with Crippen molar-refractivity contribution in [2.24, 2.45) is 5.73 Å². The second-order valence-electron chi connectivity index (χ2n) is 4.02. The van der Waals surface area contributed by atoms with Crippen molar-refractivity contribution in [2.75, 3.05) is 5.73 Å². The molecule has 0 fully saturated rings. The Hall–Kier alpha value is -3.02. The number of para-hydroxylation sites is 1. The molecule has 0 spiro atoms. The average Bonchev–Trinajstić information content (AvgIpc) is 2.38. The molecule has 0 saturated heterocycles. The molecule has 0 aromatic heterocycles. The lowest BCUT2D eigenvalue weighted by atomic mass is 10.1. The highest BCUT2D eigenvalue weighted by atomic mass is 16.5. The van der Waals surface area contributed by atoms with E-state index in [1.807, 2.05) is 0 Å². The van der Waals surface area contributed by atoms with Gasteiger partial charge in [0.1, 0.15) is 17.1 Å². The Morgan fingerprint density at radius 3 is 2.35 bits per heavy atom. The van der Waals surface area contributed by atoms with Crippen molar-refractivity contribution in [3.8, 4) is 11.5 Å². The number of aromatic carboxylic acids is 1. The lowest BCUT2D eigenvalue weighted by molar-refractivity contribution is 0.0694. The van der Waals surface area contributed by atoms with Crippen molar-refractivity contribution in [3.05, 3.63) is 53.6 Å². The Balaban J connectivity index is 2.47. The number of carbonyl (C=O) groups excluding carboxylic acids is 1. The number of hydrogen-bond acceptors (Lipinski definition) is 4. The van der Waals surface area contributed by atoms with E-state index in [0.29, 0.717) is 5.69 Å². The normalized spacial score (nSPS) is 10.0. The molecule has 1 amide bonds. The van der Waals surface area contributed by atoms with Crippen LogP contribution >= 0.6 is 0 Å². The molecule has 2 aromatic rings. The summed E-state index contributed by atoms with van der Waals surface area (Å²) in [6.45, 7) is 0. The van der Waals surface area contributed by atoms with E-state index in [4.69, 9.17) is 21.3 Å². The zero-order valence-electron chi connectivity index (χ0n) is 10.4. The molecule has 0 heterocycles. The van der Waals surface area contributed by atoms with Crippen molar-refractivity contribution in [3.63, 3.8) is 0 Å². The average molecular weight is 272 g/mol. The van der Waals surface area contributed by atoms with Crippen molar-refractivity contribution in [1.82, 2.24) is 0 Å². The highest BCUT2D eigenvalue weighted by molar-refractivity contribution is 5.96. The third kappa shape index (κ3) is 2.69. The first-order chi connectivity index (χ1) is 9.49. The number of nitrogens with two attached hydrogens (primary N) is 2. The molecule has 0 saturated carbocycles. The minimum atomic E-state index is -1.16. The third-order valence-corrected chi connectivity index (χ3v) is 2.61. The van der Waals surface area contributed by atoms with Crippen molar-refractivity contribution < 1.29 is 19.4 Å². The van der Waals surface area contributed by atoms with Gasteiger partial charge in [0, 0.05) is 11.8 Å². The maximum Gasteiger partial charge on any atom is 0.339 e. The van der Waals surface area contributed by atoms with E-state index in [2.05, 4.69) is 0 Å². The molecule has 20 heavy (non-hydrogen) atoms.